The smallest absolute Gasteiger partial charge is 0.337 e. The summed E-state index contributed by atoms with van der Waals surface area (Å²) in [6, 6.07) is 1.83. The summed E-state index contributed by atoms with van der Waals surface area (Å²) in [6.07, 6.45) is -3.40. The third kappa shape index (κ3) is 4.30. The molecule has 0 bridgehead atoms. The summed E-state index contributed by atoms with van der Waals surface area (Å²) >= 11 is 0. The van der Waals surface area contributed by atoms with Gasteiger partial charge in [-0.3, -0.25) is 14.8 Å². The Labute approximate surface area is 176 Å². The number of carbonyl (C=O) groups excluding carboxylic acids is 1. The number of halogens is 5. The number of aromatic amines is 1. The van der Waals surface area contributed by atoms with Gasteiger partial charge in [-0.15, -0.1) is 0 Å². The van der Waals surface area contributed by atoms with E-state index in [4.69, 9.17) is 0 Å². The van der Waals surface area contributed by atoms with Crippen LogP contribution in [0.15, 0.2) is 12.1 Å². The van der Waals surface area contributed by atoms with Crippen LogP contribution in [0.2, 0.25) is 0 Å². The Morgan fingerprint density at radius 2 is 1.90 bits per heavy atom. The number of benzene rings is 1. The molecule has 1 saturated heterocycles. The van der Waals surface area contributed by atoms with Crippen molar-refractivity contribution in [2.45, 2.75) is 51.4 Å². The SMILES string of the molecule is CC(=O)N1CCc2c(CN3CCC(c4ccc(F)c(F)c4C(F)(F)F)CC3)n[nH]c2C1. The number of H-pyrrole nitrogens is 1. The van der Waals surface area contributed by atoms with Gasteiger partial charge in [0.15, 0.2) is 11.6 Å². The molecular formula is C21H23F5N4O. The maximum atomic E-state index is 13.9. The van der Waals surface area contributed by atoms with Gasteiger partial charge in [0, 0.05) is 25.6 Å². The second kappa shape index (κ2) is 8.22. The Bertz CT molecular complexity index is 979. The number of nitrogens with zero attached hydrogens (tertiary/aromatic N) is 3. The molecule has 1 aromatic carbocycles. The second-order valence-corrected chi connectivity index (χ2v) is 8.19. The second-order valence-electron chi connectivity index (χ2n) is 8.19. The van der Waals surface area contributed by atoms with Gasteiger partial charge in [0.1, 0.15) is 0 Å². The molecule has 2 aliphatic heterocycles. The molecule has 1 fully saturated rings. The van der Waals surface area contributed by atoms with Crippen LogP contribution in [0.3, 0.4) is 0 Å². The molecule has 1 amide bonds. The van der Waals surface area contributed by atoms with Gasteiger partial charge in [-0.2, -0.15) is 18.3 Å². The van der Waals surface area contributed by atoms with Crippen LogP contribution in [0.5, 0.6) is 0 Å². The summed E-state index contributed by atoms with van der Waals surface area (Å²) in [5.74, 6) is -3.78. The fourth-order valence-electron chi connectivity index (χ4n) is 4.59. The molecule has 168 valence electrons. The number of aromatic nitrogens is 2. The van der Waals surface area contributed by atoms with Crippen molar-refractivity contribution in [2.24, 2.45) is 0 Å². The van der Waals surface area contributed by atoms with Gasteiger partial charge in [-0.25, -0.2) is 8.78 Å². The minimum Gasteiger partial charge on any atom is -0.337 e. The molecule has 1 aromatic heterocycles. The highest BCUT2D eigenvalue weighted by Gasteiger charge is 2.40. The number of piperidine rings is 1. The van der Waals surface area contributed by atoms with Gasteiger partial charge in [0.05, 0.1) is 23.5 Å². The molecule has 2 aliphatic rings. The molecule has 0 aliphatic carbocycles. The highest BCUT2D eigenvalue weighted by Crippen LogP contribution is 2.41. The average molecular weight is 442 g/mol. The molecule has 0 atom stereocenters. The topological polar surface area (TPSA) is 52.2 Å². The number of amides is 1. The molecule has 10 heteroatoms. The zero-order valence-electron chi connectivity index (χ0n) is 17.0. The average Bonchev–Trinajstić information content (AvgIpc) is 3.11. The van der Waals surface area contributed by atoms with Gasteiger partial charge < -0.3 is 4.90 Å². The monoisotopic (exact) mass is 442 g/mol. The highest BCUT2D eigenvalue weighted by molar-refractivity contribution is 5.73. The Kier molecular flexibility index (Phi) is 5.76. The Hall–Kier alpha value is -2.49. The predicted molar refractivity (Wildman–Crippen MR) is 102 cm³/mol. The van der Waals surface area contributed by atoms with Gasteiger partial charge >= 0.3 is 6.18 Å². The van der Waals surface area contributed by atoms with Crippen LogP contribution in [0, 0.1) is 11.6 Å². The Balaban J connectivity index is 1.43. The zero-order chi connectivity index (χ0) is 22.3. The Morgan fingerprint density at radius 3 is 2.55 bits per heavy atom. The van der Waals surface area contributed by atoms with Crippen molar-refractivity contribution >= 4 is 5.91 Å². The van der Waals surface area contributed by atoms with Gasteiger partial charge in [0.2, 0.25) is 5.91 Å². The summed E-state index contributed by atoms with van der Waals surface area (Å²) < 4.78 is 67.4. The number of carbonyl (C=O) groups is 1. The highest BCUT2D eigenvalue weighted by atomic mass is 19.4. The fourth-order valence-corrected chi connectivity index (χ4v) is 4.59. The number of likely N-dealkylation sites (tertiary alicyclic amines) is 1. The van der Waals surface area contributed by atoms with Crippen LogP contribution in [0.1, 0.15) is 53.8 Å². The summed E-state index contributed by atoms with van der Waals surface area (Å²) in [4.78, 5) is 15.4. The first-order chi connectivity index (χ1) is 14.6. The molecule has 2 aromatic rings. The zero-order valence-corrected chi connectivity index (χ0v) is 17.0. The van der Waals surface area contributed by atoms with Crippen molar-refractivity contribution < 1.29 is 26.7 Å². The minimum absolute atomic E-state index is 0.0133. The Morgan fingerprint density at radius 1 is 1.19 bits per heavy atom. The minimum atomic E-state index is -4.94. The lowest BCUT2D eigenvalue weighted by Gasteiger charge is -2.33. The quantitative estimate of drug-likeness (QED) is 0.732. The third-order valence-electron chi connectivity index (χ3n) is 6.28. The fraction of sp³-hybridized carbons (Fsp3) is 0.524. The lowest BCUT2D eigenvalue weighted by molar-refractivity contribution is -0.141. The molecule has 1 N–H and O–H groups in total. The van der Waals surface area contributed by atoms with E-state index in [2.05, 4.69) is 15.1 Å². The predicted octanol–water partition coefficient (Wildman–Crippen LogP) is 3.99. The lowest BCUT2D eigenvalue weighted by Crippen LogP contribution is -2.35. The first kappa shape index (κ1) is 21.7. The van der Waals surface area contributed by atoms with E-state index in [0.29, 0.717) is 52.0 Å². The van der Waals surface area contributed by atoms with E-state index in [1.54, 1.807) is 4.90 Å². The van der Waals surface area contributed by atoms with Gasteiger partial charge in [-0.05, 0) is 49.9 Å². The van der Waals surface area contributed by atoms with E-state index in [1.807, 2.05) is 0 Å². The van der Waals surface area contributed by atoms with Crippen molar-refractivity contribution in [3.05, 3.63) is 51.8 Å². The molecule has 0 saturated carbocycles. The summed E-state index contributed by atoms with van der Waals surface area (Å²) in [5, 5.41) is 7.38. The van der Waals surface area contributed by atoms with Crippen LogP contribution in [-0.2, 0) is 30.5 Å². The molecule has 0 radical (unpaired) electrons. The molecular weight excluding hydrogens is 419 g/mol. The number of hydrogen-bond acceptors (Lipinski definition) is 3. The number of nitrogens with one attached hydrogen (secondary N) is 1. The molecule has 5 nitrogen and oxygen atoms in total. The maximum absolute atomic E-state index is 13.9. The molecule has 0 spiro atoms. The molecule has 0 unspecified atom stereocenters. The summed E-state index contributed by atoms with van der Waals surface area (Å²) in [7, 11) is 0. The van der Waals surface area contributed by atoms with Crippen LogP contribution in [-0.4, -0.2) is 45.5 Å². The number of rotatable bonds is 3. The van der Waals surface area contributed by atoms with Crippen molar-refractivity contribution in [2.75, 3.05) is 19.6 Å². The van der Waals surface area contributed by atoms with Crippen LogP contribution >= 0.6 is 0 Å². The summed E-state index contributed by atoms with van der Waals surface area (Å²) in [6.45, 7) is 4.28. The van der Waals surface area contributed by atoms with Crippen LogP contribution < -0.4 is 0 Å². The van der Waals surface area contributed by atoms with E-state index in [0.717, 1.165) is 29.1 Å². The summed E-state index contributed by atoms with van der Waals surface area (Å²) in [5.41, 5.74) is 1.25. The van der Waals surface area contributed by atoms with Crippen molar-refractivity contribution in [3.8, 4) is 0 Å². The van der Waals surface area contributed by atoms with E-state index in [1.165, 1.54) is 6.92 Å². The van der Waals surface area contributed by atoms with E-state index in [-0.39, 0.29) is 11.5 Å². The van der Waals surface area contributed by atoms with Gasteiger partial charge in [0.25, 0.3) is 0 Å². The lowest BCUT2D eigenvalue weighted by atomic mass is 9.86. The first-order valence-corrected chi connectivity index (χ1v) is 10.2. The number of fused-ring (bicyclic) bond motifs is 1. The maximum Gasteiger partial charge on any atom is 0.419 e. The largest absolute Gasteiger partial charge is 0.419 e. The third-order valence-corrected chi connectivity index (χ3v) is 6.28. The van der Waals surface area contributed by atoms with Gasteiger partial charge in [-0.1, -0.05) is 6.07 Å². The normalized spacial score (nSPS) is 18.3. The number of hydrogen-bond donors (Lipinski definition) is 1. The molecule has 31 heavy (non-hydrogen) atoms. The number of alkyl halides is 3. The molecule has 3 heterocycles. The van der Waals surface area contributed by atoms with Crippen LogP contribution in [0.25, 0.3) is 0 Å². The van der Waals surface area contributed by atoms with E-state index >= 15 is 0 Å². The van der Waals surface area contributed by atoms with Crippen molar-refractivity contribution in [3.63, 3.8) is 0 Å². The van der Waals surface area contributed by atoms with E-state index in [9.17, 15) is 26.7 Å². The van der Waals surface area contributed by atoms with Crippen molar-refractivity contribution in [1.29, 1.82) is 0 Å². The first-order valence-electron chi connectivity index (χ1n) is 10.2. The molecule has 4 rings (SSSR count). The van der Waals surface area contributed by atoms with Crippen LogP contribution in [0.4, 0.5) is 22.0 Å². The van der Waals surface area contributed by atoms with E-state index < -0.39 is 29.3 Å². The standard InChI is InChI=1S/C21H23F5N4O/c1-12(31)30-9-6-15-17(27-28-18(15)11-30)10-29-7-4-13(5-8-29)14-2-3-16(22)20(23)19(14)21(24,25)26/h2-3,13H,4-11H2,1H3,(H,27,28). The van der Waals surface area contributed by atoms with Crippen molar-refractivity contribution in [1.82, 2.24) is 20.0 Å².